The molecule has 0 aliphatic carbocycles. The molecular weight excluding hydrogens is 248 g/mol. The smallest absolute Gasteiger partial charge is 0.0716 e. The minimum atomic E-state index is 0.700. The molecule has 1 heterocycles. The molecule has 0 saturated carbocycles. The first-order chi connectivity index (χ1) is 9.90. The van der Waals surface area contributed by atoms with E-state index in [1.165, 1.54) is 56.4 Å². The van der Waals surface area contributed by atoms with E-state index in [1.807, 2.05) is 0 Å². The summed E-state index contributed by atoms with van der Waals surface area (Å²) in [6, 6.07) is 8.51. The number of hydrogen-bond donors (Lipinski definition) is 1. The maximum absolute atomic E-state index is 5.24. The van der Waals surface area contributed by atoms with Gasteiger partial charge in [0.2, 0.25) is 0 Å². The van der Waals surface area contributed by atoms with Crippen molar-refractivity contribution in [3.8, 4) is 0 Å². The molecule has 3 heteroatoms. The number of benzene rings is 1. The Bertz CT molecular complexity index is 375. The van der Waals surface area contributed by atoms with Crippen molar-refractivity contribution in [2.24, 2.45) is 0 Å². The van der Waals surface area contributed by atoms with Crippen molar-refractivity contribution in [3.63, 3.8) is 0 Å². The largest absolute Gasteiger partial charge is 0.380 e. The zero-order chi connectivity index (χ0) is 14.0. The van der Waals surface area contributed by atoms with Gasteiger partial charge in [-0.25, -0.2) is 0 Å². The Morgan fingerprint density at radius 2 is 1.85 bits per heavy atom. The van der Waals surface area contributed by atoms with Crippen LogP contribution in [0.5, 0.6) is 0 Å². The van der Waals surface area contributed by atoms with Gasteiger partial charge in [0, 0.05) is 13.7 Å². The summed E-state index contributed by atoms with van der Waals surface area (Å²) in [6.07, 6.45) is 5.44. The van der Waals surface area contributed by atoms with Crippen molar-refractivity contribution in [2.75, 3.05) is 33.3 Å². The topological polar surface area (TPSA) is 24.5 Å². The number of methoxy groups -OCH3 is 1. The SMILES string of the molecule is COCc1ccccc1CNCCCN1CCCCC1. The van der Waals surface area contributed by atoms with Crippen molar-refractivity contribution < 1.29 is 4.74 Å². The molecule has 1 aromatic rings. The Balaban J connectivity index is 1.63. The molecule has 1 fully saturated rings. The van der Waals surface area contributed by atoms with Crippen LogP contribution in [0.25, 0.3) is 0 Å². The number of ether oxygens (including phenoxy) is 1. The molecule has 112 valence electrons. The molecule has 0 unspecified atom stereocenters. The number of rotatable bonds is 8. The number of nitrogens with zero attached hydrogens (tertiary/aromatic N) is 1. The molecule has 0 spiro atoms. The summed E-state index contributed by atoms with van der Waals surface area (Å²) in [6.45, 7) is 6.59. The fraction of sp³-hybridized carbons (Fsp3) is 0.647. The Hall–Kier alpha value is -0.900. The summed E-state index contributed by atoms with van der Waals surface area (Å²) in [5.74, 6) is 0. The van der Waals surface area contributed by atoms with Crippen molar-refractivity contribution in [1.82, 2.24) is 10.2 Å². The first kappa shape index (κ1) is 15.5. The van der Waals surface area contributed by atoms with Crippen molar-refractivity contribution >= 4 is 0 Å². The van der Waals surface area contributed by atoms with Gasteiger partial charge in [0.15, 0.2) is 0 Å². The van der Waals surface area contributed by atoms with Crippen molar-refractivity contribution in [3.05, 3.63) is 35.4 Å². The maximum atomic E-state index is 5.24. The summed E-state index contributed by atoms with van der Waals surface area (Å²) < 4.78 is 5.24. The number of piperidine rings is 1. The van der Waals surface area contributed by atoms with E-state index in [1.54, 1.807) is 7.11 Å². The third-order valence-electron chi connectivity index (χ3n) is 4.01. The number of likely N-dealkylation sites (tertiary alicyclic amines) is 1. The van der Waals surface area contributed by atoms with Gasteiger partial charge in [0.05, 0.1) is 6.61 Å². The second-order valence-corrected chi connectivity index (χ2v) is 5.63. The maximum Gasteiger partial charge on any atom is 0.0716 e. The predicted octanol–water partition coefficient (Wildman–Crippen LogP) is 2.80. The van der Waals surface area contributed by atoms with Gasteiger partial charge in [-0.3, -0.25) is 0 Å². The van der Waals surface area contributed by atoms with Crippen LogP contribution in [0, 0.1) is 0 Å². The molecule has 0 atom stereocenters. The fourth-order valence-electron chi connectivity index (χ4n) is 2.86. The highest BCUT2D eigenvalue weighted by molar-refractivity contribution is 5.26. The molecule has 1 aliphatic rings. The van der Waals surface area contributed by atoms with Gasteiger partial charge in [0.25, 0.3) is 0 Å². The third-order valence-corrected chi connectivity index (χ3v) is 4.01. The summed E-state index contributed by atoms with van der Waals surface area (Å²) in [5, 5.41) is 3.56. The molecule has 1 aliphatic heterocycles. The van der Waals surface area contributed by atoms with E-state index < -0.39 is 0 Å². The molecule has 0 bridgehead atoms. The molecule has 0 radical (unpaired) electrons. The molecule has 3 nitrogen and oxygen atoms in total. The number of hydrogen-bond acceptors (Lipinski definition) is 3. The lowest BCUT2D eigenvalue weighted by Gasteiger charge is -2.26. The van der Waals surface area contributed by atoms with E-state index in [2.05, 4.69) is 34.5 Å². The fourth-order valence-corrected chi connectivity index (χ4v) is 2.86. The monoisotopic (exact) mass is 276 g/mol. The highest BCUT2D eigenvalue weighted by atomic mass is 16.5. The zero-order valence-electron chi connectivity index (χ0n) is 12.7. The van der Waals surface area contributed by atoms with Crippen LogP contribution in [0.1, 0.15) is 36.8 Å². The number of nitrogens with one attached hydrogen (secondary N) is 1. The minimum absolute atomic E-state index is 0.700. The molecule has 0 aromatic heterocycles. The average Bonchev–Trinajstić information content (AvgIpc) is 2.50. The third kappa shape index (κ3) is 5.23. The molecule has 2 rings (SSSR count). The molecule has 1 aromatic carbocycles. The van der Waals surface area contributed by atoms with E-state index in [0.29, 0.717) is 6.61 Å². The lowest BCUT2D eigenvalue weighted by molar-refractivity contribution is 0.184. The highest BCUT2D eigenvalue weighted by Gasteiger charge is 2.08. The van der Waals surface area contributed by atoms with Gasteiger partial charge in [-0.2, -0.15) is 0 Å². The second kappa shape index (κ2) is 9.11. The molecule has 1 N–H and O–H groups in total. The van der Waals surface area contributed by atoms with Gasteiger partial charge in [-0.15, -0.1) is 0 Å². The molecule has 1 saturated heterocycles. The quantitative estimate of drug-likeness (QED) is 0.739. The second-order valence-electron chi connectivity index (χ2n) is 5.63. The lowest BCUT2D eigenvalue weighted by atomic mass is 10.1. The molecular formula is C17H28N2O. The van der Waals surface area contributed by atoms with E-state index in [9.17, 15) is 0 Å². The van der Waals surface area contributed by atoms with Crippen LogP contribution in [-0.2, 0) is 17.9 Å². The van der Waals surface area contributed by atoms with Gasteiger partial charge in [0.1, 0.15) is 0 Å². The van der Waals surface area contributed by atoms with Crippen LogP contribution >= 0.6 is 0 Å². The van der Waals surface area contributed by atoms with Crippen LogP contribution in [0.4, 0.5) is 0 Å². The molecule has 0 amide bonds. The van der Waals surface area contributed by atoms with Gasteiger partial charge >= 0.3 is 0 Å². The van der Waals surface area contributed by atoms with Gasteiger partial charge in [-0.1, -0.05) is 30.7 Å². The van der Waals surface area contributed by atoms with Crippen LogP contribution in [-0.4, -0.2) is 38.2 Å². The average molecular weight is 276 g/mol. The minimum Gasteiger partial charge on any atom is -0.380 e. The van der Waals surface area contributed by atoms with E-state index in [-0.39, 0.29) is 0 Å². The Morgan fingerprint density at radius 3 is 2.60 bits per heavy atom. The summed E-state index contributed by atoms with van der Waals surface area (Å²) in [5.41, 5.74) is 2.64. The normalized spacial score (nSPS) is 16.4. The first-order valence-electron chi connectivity index (χ1n) is 7.89. The van der Waals surface area contributed by atoms with Crippen LogP contribution in [0.2, 0.25) is 0 Å². The first-order valence-corrected chi connectivity index (χ1v) is 7.89. The van der Waals surface area contributed by atoms with Crippen LogP contribution < -0.4 is 5.32 Å². The Labute approximate surface area is 123 Å². The summed E-state index contributed by atoms with van der Waals surface area (Å²) >= 11 is 0. The van der Waals surface area contributed by atoms with E-state index in [0.717, 1.165) is 13.1 Å². The Kier molecular flexibility index (Phi) is 7.06. The zero-order valence-corrected chi connectivity index (χ0v) is 12.7. The summed E-state index contributed by atoms with van der Waals surface area (Å²) in [4.78, 5) is 2.60. The van der Waals surface area contributed by atoms with Crippen molar-refractivity contribution in [1.29, 1.82) is 0 Å². The van der Waals surface area contributed by atoms with Gasteiger partial charge < -0.3 is 15.0 Å². The predicted molar refractivity (Wildman–Crippen MR) is 83.8 cm³/mol. The van der Waals surface area contributed by atoms with Gasteiger partial charge in [-0.05, 0) is 56.6 Å². The lowest BCUT2D eigenvalue weighted by Crippen LogP contribution is -2.32. The summed E-state index contributed by atoms with van der Waals surface area (Å²) in [7, 11) is 1.75. The Morgan fingerprint density at radius 1 is 1.10 bits per heavy atom. The van der Waals surface area contributed by atoms with Crippen LogP contribution in [0.3, 0.4) is 0 Å². The van der Waals surface area contributed by atoms with Crippen molar-refractivity contribution in [2.45, 2.75) is 38.8 Å². The van der Waals surface area contributed by atoms with E-state index in [4.69, 9.17) is 4.74 Å². The van der Waals surface area contributed by atoms with E-state index >= 15 is 0 Å². The molecule has 20 heavy (non-hydrogen) atoms. The highest BCUT2D eigenvalue weighted by Crippen LogP contribution is 2.10. The van der Waals surface area contributed by atoms with Crippen LogP contribution in [0.15, 0.2) is 24.3 Å². The standard InChI is InChI=1S/C17H28N2O/c1-20-15-17-9-4-3-8-16(17)14-18-10-7-13-19-11-5-2-6-12-19/h3-4,8-9,18H,2,5-7,10-15H2,1H3.